The molecule has 1 amide bonds. The van der Waals surface area contributed by atoms with Gasteiger partial charge in [0.25, 0.3) is 0 Å². The molecule has 1 atom stereocenters. The SMILES string of the molecule is N[C@H](C(=O)Nc1cccc(Cl)c1Br)c1ccccc1. The molecule has 0 heterocycles. The molecule has 0 aliphatic carbocycles. The topological polar surface area (TPSA) is 55.1 Å². The lowest BCUT2D eigenvalue weighted by atomic mass is 10.1. The van der Waals surface area contributed by atoms with Crippen LogP contribution in [0.25, 0.3) is 0 Å². The fourth-order valence-corrected chi connectivity index (χ4v) is 2.16. The first kappa shape index (κ1) is 14.1. The minimum Gasteiger partial charge on any atom is -0.323 e. The Morgan fingerprint density at radius 3 is 2.53 bits per heavy atom. The Bertz CT molecular complexity index is 589. The summed E-state index contributed by atoms with van der Waals surface area (Å²) in [6.45, 7) is 0. The molecule has 0 fully saturated rings. The average molecular weight is 340 g/mol. The van der Waals surface area contributed by atoms with E-state index < -0.39 is 6.04 Å². The average Bonchev–Trinajstić information content (AvgIpc) is 2.44. The van der Waals surface area contributed by atoms with Gasteiger partial charge in [0.2, 0.25) is 5.91 Å². The molecule has 0 saturated carbocycles. The van der Waals surface area contributed by atoms with Gasteiger partial charge in [-0.05, 0) is 33.6 Å². The third-order valence-corrected chi connectivity index (χ3v) is 4.05. The molecule has 5 heteroatoms. The lowest BCUT2D eigenvalue weighted by Crippen LogP contribution is -2.27. The number of carbonyl (C=O) groups excluding carboxylic acids is 1. The third kappa shape index (κ3) is 3.35. The highest BCUT2D eigenvalue weighted by Crippen LogP contribution is 2.30. The van der Waals surface area contributed by atoms with Crippen LogP contribution in [-0.2, 0) is 4.79 Å². The van der Waals surface area contributed by atoms with E-state index in [9.17, 15) is 4.79 Å². The molecule has 0 unspecified atom stereocenters. The van der Waals surface area contributed by atoms with E-state index in [1.54, 1.807) is 18.2 Å². The largest absolute Gasteiger partial charge is 0.323 e. The van der Waals surface area contributed by atoms with Gasteiger partial charge in [0.1, 0.15) is 6.04 Å². The monoisotopic (exact) mass is 338 g/mol. The van der Waals surface area contributed by atoms with Crippen molar-refractivity contribution in [1.82, 2.24) is 0 Å². The van der Waals surface area contributed by atoms with Crippen LogP contribution in [-0.4, -0.2) is 5.91 Å². The van der Waals surface area contributed by atoms with Crippen molar-refractivity contribution in [3.05, 3.63) is 63.6 Å². The van der Waals surface area contributed by atoms with Crippen LogP contribution < -0.4 is 11.1 Å². The minimum absolute atomic E-state index is 0.283. The van der Waals surface area contributed by atoms with Crippen molar-refractivity contribution in [2.45, 2.75) is 6.04 Å². The Hall–Kier alpha value is -1.36. The van der Waals surface area contributed by atoms with E-state index in [1.165, 1.54) is 0 Å². The fraction of sp³-hybridized carbons (Fsp3) is 0.0714. The first-order valence-electron chi connectivity index (χ1n) is 5.65. The predicted octanol–water partition coefficient (Wildman–Crippen LogP) is 3.74. The molecule has 19 heavy (non-hydrogen) atoms. The summed E-state index contributed by atoms with van der Waals surface area (Å²) in [5.41, 5.74) is 7.28. The molecule has 0 saturated heterocycles. The maximum absolute atomic E-state index is 12.1. The molecule has 2 aromatic rings. The maximum atomic E-state index is 12.1. The van der Waals surface area contributed by atoms with Crippen molar-refractivity contribution in [1.29, 1.82) is 0 Å². The van der Waals surface area contributed by atoms with Gasteiger partial charge in [-0.25, -0.2) is 0 Å². The number of nitrogens with one attached hydrogen (secondary N) is 1. The Morgan fingerprint density at radius 2 is 1.84 bits per heavy atom. The molecule has 3 nitrogen and oxygen atoms in total. The van der Waals surface area contributed by atoms with Crippen molar-refractivity contribution in [3.8, 4) is 0 Å². The van der Waals surface area contributed by atoms with E-state index in [-0.39, 0.29) is 5.91 Å². The van der Waals surface area contributed by atoms with Crippen LogP contribution in [0.4, 0.5) is 5.69 Å². The molecule has 2 rings (SSSR count). The van der Waals surface area contributed by atoms with Gasteiger partial charge in [0, 0.05) is 0 Å². The van der Waals surface area contributed by atoms with Gasteiger partial charge in [-0.3, -0.25) is 4.79 Å². The van der Waals surface area contributed by atoms with Gasteiger partial charge in [-0.1, -0.05) is 48.0 Å². The fourth-order valence-electron chi connectivity index (χ4n) is 1.62. The van der Waals surface area contributed by atoms with Gasteiger partial charge in [-0.2, -0.15) is 0 Å². The van der Waals surface area contributed by atoms with Crippen LogP contribution in [0, 0.1) is 0 Å². The van der Waals surface area contributed by atoms with Crippen molar-refractivity contribution in [3.63, 3.8) is 0 Å². The summed E-state index contributed by atoms with van der Waals surface area (Å²) in [4.78, 5) is 12.1. The summed E-state index contributed by atoms with van der Waals surface area (Å²) < 4.78 is 0.644. The smallest absolute Gasteiger partial charge is 0.245 e. The molecule has 0 aromatic heterocycles. The summed E-state index contributed by atoms with van der Waals surface area (Å²) in [5, 5.41) is 3.29. The molecule has 0 aliphatic heterocycles. The number of amides is 1. The van der Waals surface area contributed by atoms with E-state index in [1.807, 2.05) is 30.3 Å². The quantitative estimate of drug-likeness (QED) is 0.895. The Kier molecular flexibility index (Phi) is 4.58. The Balaban J connectivity index is 2.15. The molecule has 0 spiro atoms. The summed E-state index contributed by atoms with van der Waals surface area (Å²) in [6.07, 6.45) is 0. The van der Waals surface area contributed by atoms with Crippen LogP contribution in [0.2, 0.25) is 5.02 Å². The highest BCUT2D eigenvalue weighted by molar-refractivity contribution is 9.10. The summed E-state index contributed by atoms with van der Waals surface area (Å²) in [6, 6.07) is 13.7. The van der Waals surface area contributed by atoms with Crippen LogP contribution >= 0.6 is 27.5 Å². The number of benzene rings is 2. The number of anilines is 1. The van der Waals surface area contributed by atoms with Crippen molar-refractivity contribution < 1.29 is 4.79 Å². The molecule has 0 radical (unpaired) electrons. The van der Waals surface area contributed by atoms with Crippen LogP contribution in [0.3, 0.4) is 0 Å². The van der Waals surface area contributed by atoms with Crippen LogP contribution in [0.15, 0.2) is 53.0 Å². The third-order valence-electron chi connectivity index (χ3n) is 2.65. The first-order valence-corrected chi connectivity index (χ1v) is 6.82. The molecule has 0 aliphatic rings. The molecule has 3 N–H and O–H groups in total. The van der Waals surface area contributed by atoms with E-state index in [0.717, 1.165) is 5.56 Å². The summed E-state index contributed by atoms with van der Waals surface area (Å²) >= 11 is 9.29. The zero-order valence-corrected chi connectivity index (χ0v) is 12.3. The molecular formula is C14H12BrClN2O. The van der Waals surface area contributed by atoms with Gasteiger partial charge >= 0.3 is 0 Å². The van der Waals surface area contributed by atoms with Crippen LogP contribution in [0.1, 0.15) is 11.6 Å². The highest BCUT2D eigenvalue weighted by atomic mass is 79.9. The number of halogens is 2. The second kappa shape index (κ2) is 6.19. The van der Waals surface area contributed by atoms with E-state index in [0.29, 0.717) is 15.2 Å². The lowest BCUT2D eigenvalue weighted by molar-refractivity contribution is -0.117. The van der Waals surface area contributed by atoms with E-state index >= 15 is 0 Å². The van der Waals surface area contributed by atoms with Gasteiger partial charge in [0.05, 0.1) is 15.2 Å². The summed E-state index contributed by atoms with van der Waals surface area (Å²) in [5.74, 6) is -0.283. The highest BCUT2D eigenvalue weighted by Gasteiger charge is 2.16. The first-order chi connectivity index (χ1) is 9.09. The van der Waals surface area contributed by atoms with Crippen molar-refractivity contribution in [2.24, 2.45) is 5.73 Å². The molecular weight excluding hydrogens is 328 g/mol. The van der Waals surface area contributed by atoms with Gasteiger partial charge in [0.15, 0.2) is 0 Å². The molecule has 98 valence electrons. The normalized spacial score (nSPS) is 11.9. The Labute approximate surface area is 124 Å². The van der Waals surface area contributed by atoms with Crippen molar-refractivity contribution >= 4 is 39.1 Å². The van der Waals surface area contributed by atoms with Gasteiger partial charge in [-0.15, -0.1) is 0 Å². The Morgan fingerprint density at radius 1 is 1.16 bits per heavy atom. The van der Waals surface area contributed by atoms with Crippen LogP contribution in [0.5, 0.6) is 0 Å². The second-order valence-electron chi connectivity index (χ2n) is 3.98. The maximum Gasteiger partial charge on any atom is 0.245 e. The number of nitrogens with two attached hydrogens (primary N) is 1. The van der Waals surface area contributed by atoms with Gasteiger partial charge < -0.3 is 11.1 Å². The second-order valence-corrected chi connectivity index (χ2v) is 5.18. The predicted molar refractivity (Wildman–Crippen MR) is 81.2 cm³/mol. The number of rotatable bonds is 3. The summed E-state index contributed by atoms with van der Waals surface area (Å²) in [7, 11) is 0. The number of hydrogen-bond donors (Lipinski definition) is 2. The van der Waals surface area contributed by atoms with Crippen molar-refractivity contribution in [2.75, 3.05) is 5.32 Å². The number of carbonyl (C=O) groups is 1. The zero-order valence-electron chi connectivity index (χ0n) is 9.94. The van der Waals surface area contributed by atoms with E-state index in [2.05, 4.69) is 21.2 Å². The standard InChI is InChI=1S/C14H12BrClN2O/c15-12-10(16)7-4-8-11(12)18-14(19)13(17)9-5-2-1-3-6-9/h1-8,13H,17H2,(H,18,19)/t13-/m0/s1. The zero-order chi connectivity index (χ0) is 13.8. The molecule has 2 aromatic carbocycles. The van der Waals surface area contributed by atoms with E-state index in [4.69, 9.17) is 17.3 Å². The lowest BCUT2D eigenvalue weighted by Gasteiger charge is -2.14. The minimum atomic E-state index is -0.716. The number of hydrogen-bond acceptors (Lipinski definition) is 2. The molecule has 0 bridgehead atoms.